The Morgan fingerprint density at radius 3 is 2.50 bits per heavy atom. The summed E-state index contributed by atoms with van der Waals surface area (Å²) in [7, 11) is 1.93. The van der Waals surface area contributed by atoms with Gasteiger partial charge in [-0.25, -0.2) is 0 Å². The average Bonchev–Trinajstić information content (AvgIpc) is 2.32. The van der Waals surface area contributed by atoms with Gasteiger partial charge in [-0.05, 0) is 28.5 Å². The van der Waals surface area contributed by atoms with Crippen molar-refractivity contribution in [3.8, 4) is 0 Å². The molecule has 0 bridgehead atoms. The molecule has 1 aromatic rings. The highest BCUT2D eigenvalue weighted by Crippen LogP contribution is 2.22. The third kappa shape index (κ3) is 1.80. The summed E-state index contributed by atoms with van der Waals surface area (Å²) in [4.78, 5) is 0. The molecule has 0 amide bonds. The van der Waals surface area contributed by atoms with Crippen LogP contribution in [-0.4, -0.2) is 9.78 Å². The van der Waals surface area contributed by atoms with Crippen molar-refractivity contribution in [2.24, 2.45) is 18.7 Å². The standard InChI is InChI=1S/C8H14IN3/c1-5(2)7(10)6-4-11-12(3)8(6)9/h4-5,7H,10H2,1-3H3. The van der Waals surface area contributed by atoms with E-state index < -0.39 is 0 Å². The zero-order valence-corrected chi connectivity index (χ0v) is 9.74. The molecule has 68 valence electrons. The van der Waals surface area contributed by atoms with Crippen LogP contribution in [0.25, 0.3) is 0 Å². The topological polar surface area (TPSA) is 43.8 Å². The molecular formula is C8H14IN3. The third-order valence-corrected chi connectivity index (χ3v) is 3.29. The fourth-order valence-electron chi connectivity index (χ4n) is 1.02. The first-order valence-electron chi connectivity index (χ1n) is 3.97. The number of hydrogen-bond acceptors (Lipinski definition) is 2. The lowest BCUT2D eigenvalue weighted by Gasteiger charge is -2.14. The molecule has 0 spiro atoms. The molecule has 1 rings (SSSR count). The van der Waals surface area contributed by atoms with Crippen molar-refractivity contribution in [1.82, 2.24) is 9.78 Å². The lowest BCUT2D eigenvalue weighted by molar-refractivity contribution is 0.511. The zero-order chi connectivity index (χ0) is 9.30. The molecule has 1 heterocycles. The summed E-state index contributed by atoms with van der Waals surface area (Å²) < 4.78 is 2.98. The van der Waals surface area contributed by atoms with Gasteiger partial charge in [0.1, 0.15) is 3.70 Å². The molecule has 0 aliphatic rings. The highest BCUT2D eigenvalue weighted by Gasteiger charge is 2.16. The first kappa shape index (κ1) is 9.98. The van der Waals surface area contributed by atoms with Gasteiger partial charge in [-0.15, -0.1) is 0 Å². The fraction of sp³-hybridized carbons (Fsp3) is 0.625. The zero-order valence-electron chi connectivity index (χ0n) is 7.58. The van der Waals surface area contributed by atoms with Gasteiger partial charge in [0.25, 0.3) is 0 Å². The number of hydrogen-bond donors (Lipinski definition) is 1. The SMILES string of the molecule is CC(C)C(N)c1cnn(C)c1I. The molecule has 0 aromatic carbocycles. The minimum Gasteiger partial charge on any atom is -0.324 e. The Hall–Kier alpha value is -0.100. The Morgan fingerprint density at radius 1 is 1.58 bits per heavy atom. The van der Waals surface area contributed by atoms with Crippen LogP contribution < -0.4 is 5.73 Å². The summed E-state index contributed by atoms with van der Waals surface area (Å²) in [5.41, 5.74) is 7.14. The predicted molar refractivity (Wildman–Crippen MR) is 57.7 cm³/mol. The number of nitrogens with two attached hydrogens (primary N) is 1. The van der Waals surface area contributed by atoms with Crippen molar-refractivity contribution in [2.75, 3.05) is 0 Å². The Labute approximate surface area is 86.5 Å². The van der Waals surface area contributed by atoms with Crippen molar-refractivity contribution in [1.29, 1.82) is 0 Å². The van der Waals surface area contributed by atoms with E-state index in [4.69, 9.17) is 5.73 Å². The summed E-state index contributed by atoms with van der Waals surface area (Å²) in [5, 5.41) is 4.15. The van der Waals surface area contributed by atoms with Gasteiger partial charge >= 0.3 is 0 Å². The van der Waals surface area contributed by atoms with E-state index in [1.165, 1.54) is 0 Å². The molecule has 0 saturated heterocycles. The van der Waals surface area contributed by atoms with Gasteiger partial charge in [-0.2, -0.15) is 5.10 Å². The lowest BCUT2D eigenvalue weighted by atomic mass is 10.0. The highest BCUT2D eigenvalue weighted by molar-refractivity contribution is 14.1. The molecule has 0 radical (unpaired) electrons. The van der Waals surface area contributed by atoms with E-state index in [9.17, 15) is 0 Å². The van der Waals surface area contributed by atoms with E-state index in [2.05, 4.69) is 41.5 Å². The van der Waals surface area contributed by atoms with Crippen molar-refractivity contribution < 1.29 is 0 Å². The molecule has 0 aliphatic carbocycles. The van der Waals surface area contributed by atoms with Crippen LogP contribution in [0.3, 0.4) is 0 Å². The molecule has 1 aromatic heterocycles. The Morgan fingerprint density at radius 2 is 2.17 bits per heavy atom. The summed E-state index contributed by atoms with van der Waals surface area (Å²) in [6.07, 6.45) is 1.85. The predicted octanol–water partition coefficient (Wildman–Crippen LogP) is 1.68. The smallest absolute Gasteiger partial charge is 0.103 e. The maximum Gasteiger partial charge on any atom is 0.103 e. The average molecular weight is 279 g/mol. The van der Waals surface area contributed by atoms with Crippen LogP contribution in [0.15, 0.2) is 6.20 Å². The van der Waals surface area contributed by atoms with E-state index in [0.717, 1.165) is 9.26 Å². The summed E-state index contributed by atoms with van der Waals surface area (Å²) in [5.74, 6) is 0.461. The quantitative estimate of drug-likeness (QED) is 0.837. The molecule has 0 fully saturated rings. The van der Waals surface area contributed by atoms with Gasteiger partial charge in [0.2, 0.25) is 0 Å². The van der Waals surface area contributed by atoms with E-state index >= 15 is 0 Å². The molecular weight excluding hydrogens is 265 g/mol. The molecule has 1 unspecified atom stereocenters. The fourth-order valence-corrected chi connectivity index (χ4v) is 1.65. The van der Waals surface area contributed by atoms with Crippen LogP contribution in [0, 0.1) is 9.62 Å². The van der Waals surface area contributed by atoms with E-state index in [1.54, 1.807) is 0 Å². The Bertz CT molecular complexity index is 267. The van der Waals surface area contributed by atoms with Crippen LogP contribution >= 0.6 is 22.6 Å². The molecule has 12 heavy (non-hydrogen) atoms. The van der Waals surface area contributed by atoms with Crippen molar-refractivity contribution in [2.45, 2.75) is 19.9 Å². The van der Waals surface area contributed by atoms with Gasteiger partial charge in [-0.3, -0.25) is 4.68 Å². The van der Waals surface area contributed by atoms with Gasteiger partial charge in [0.05, 0.1) is 6.20 Å². The van der Waals surface area contributed by atoms with Crippen LogP contribution in [0.2, 0.25) is 0 Å². The second-order valence-electron chi connectivity index (χ2n) is 3.28. The maximum absolute atomic E-state index is 5.99. The second kappa shape index (κ2) is 3.74. The van der Waals surface area contributed by atoms with Gasteiger partial charge in [-0.1, -0.05) is 13.8 Å². The molecule has 2 N–H and O–H groups in total. The van der Waals surface area contributed by atoms with E-state index in [1.807, 2.05) is 17.9 Å². The van der Waals surface area contributed by atoms with E-state index in [0.29, 0.717) is 5.92 Å². The number of aromatic nitrogens is 2. The van der Waals surface area contributed by atoms with Crippen LogP contribution in [0.1, 0.15) is 25.5 Å². The van der Waals surface area contributed by atoms with Crippen molar-refractivity contribution >= 4 is 22.6 Å². The lowest BCUT2D eigenvalue weighted by Crippen LogP contribution is -2.17. The molecule has 0 saturated carbocycles. The second-order valence-corrected chi connectivity index (χ2v) is 4.31. The Kier molecular flexibility index (Phi) is 3.11. The summed E-state index contributed by atoms with van der Waals surface area (Å²) in [6, 6.07) is 0.102. The highest BCUT2D eigenvalue weighted by atomic mass is 127. The largest absolute Gasteiger partial charge is 0.324 e. The Balaban J connectivity index is 2.95. The number of rotatable bonds is 2. The summed E-state index contributed by atoms with van der Waals surface area (Å²) >= 11 is 2.27. The minimum atomic E-state index is 0.102. The van der Waals surface area contributed by atoms with E-state index in [-0.39, 0.29) is 6.04 Å². The first-order chi connectivity index (χ1) is 5.54. The number of nitrogens with zero attached hydrogens (tertiary/aromatic N) is 2. The molecule has 0 aliphatic heterocycles. The van der Waals surface area contributed by atoms with Gasteiger partial charge in [0.15, 0.2) is 0 Å². The molecule has 4 heteroatoms. The van der Waals surface area contributed by atoms with Crippen LogP contribution in [0.5, 0.6) is 0 Å². The van der Waals surface area contributed by atoms with Gasteiger partial charge in [0, 0.05) is 18.7 Å². The molecule has 1 atom stereocenters. The minimum absolute atomic E-state index is 0.102. The van der Waals surface area contributed by atoms with Crippen molar-refractivity contribution in [3.05, 3.63) is 15.5 Å². The van der Waals surface area contributed by atoms with Crippen molar-refractivity contribution in [3.63, 3.8) is 0 Å². The normalized spacial score (nSPS) is 13.8. The molecule has 3 nitrogen and oxygen atoms in total. The number of halogens is 1. The maximum atomic E-state index is 5.99. The first-order valence-corrected chi connectivity index (χ1v) is 5.05. The monoisotopic (exact) mass is 279 g/mol. The summed E-state index contributed by atoms with van der Waals surface area (Å²) in [6.45, 7) is 4.24. The number of aryl methyl sites for hydroxylation is 1. The van der Waals surface area contributed by atoms with Crippen LogP contribution in [0.4, 0.5) is 0 Å². The van der Waals surface area contributed by atoms with Gasteiger partial charge < -0.3 is 5.73 Å². The third-order valence-electron chi connectivity index (χ3n) is 1.97. The van der Waals surface area contributed by atoms with Crippen LogP contribution in [-0.2, 0) is 7.05 Å².